The molecule has 0 saturated carbocycles. The molecule has 1 heterocycles. The lowest BCUT2D eigenvalue weighted by Gasteiger charge is -2.16. The molecule has 0 aliphatic rings. The van der Waals surface area contributed by atoms with E-state index >= 15 is 0 Å². The van der Waals surface area contributed by atoms with E-state index in [9.17, 15) is 4.79 Å². The van der Waals surface area contributed by atoms with Crippen LogP contribution in [0.5, 0.6) is 0 Å². The quantitative estimate of drug-likeness (QED) is 0.766. The Hall–Kier alpha value is -1.09. The van der Waals surface area contributed by atoms with Crippen LogP contribution < -0.4 is 5.73 Å². The van der Waals surface area contributed by atoms with E-state index in [1.807, 2.05) is 26.0 Å². The number of nitrogens with zero attached hydrogens (tertiary/aromatic N) is 1. The van der Waals surface area contributed by atoms with E-state index in [2.05, 4.69) is 0 Å². The predicted molar refractivity (Wildman–Crippen MR) is 52.5 cm³/mol. The van der Waals surface area contributed by atoms with Crippen molar-refractivity contribution in [1.82, 2.24) is 4.57 Å². The van der Waals surface area contributed by atoms with Gasteiger partial charge in [0, 0.05) is 12.4 Å². The van der Waals surface area contributed by atoms with E-state index in [1.54, 1.807) is 12.4 Å². The van der Waals surface area contributed by atoms with Crippen LogP contribution in [0.2, 0.25) is 0 Å². The standard InChI is InChI=1S/C10H16N2O/c1-3-8(2)9(11)10(13)12-6-4-5-7-12/h4-9H,3,11H2,1-2H3/t8-,9-/m0/s1. The molecule has 0 aliphatic carbocycles. The van der Waals surface area contributed by atoms with Crippen molar-refractivity contribution in [1.29, 1.82) is 0 Å². The molecular weight excluding hydrogens is 164 g/mol. The van der Waals surface area contributed by atoms with Crippen molar-refractivity contribution < 1.29 is 4.79 Å². The smallest absolute Gasteiger partial charge is 0.247 e. The van der Waals surface area contributed by atoms with Crippen molar-refractivity contribution in [3.05, 3.63) is 24.5 Å². The van der Waals surface area contributed by atoms with Crippen LogP contribution in [0.4, 0.5) is 0 Å². The van der Waals surface area contributed by atoms with E-state index in [0.717, 1.165) is 6.42 Å². The molecule has 1 aromatic rings. The Bertz CT molecular complexity index is 266. The highest BCUT2D eigenvalue weighted by molar-refractivity contribution is 5.84. The summed E-state index contributed by atoms with van der Waals surface area (Å²) in [7, 11) is 0. The molecule has 0 unspecified atom stereocenters. The minimum Gasteiger partial charge on any atom is -0.320 e. The topological polar surface area (TPSA) is 48.0 Å². The Kier molecular flexibility index (Phi) is 3.25. The third kappa shape index (κ3) is 2.18. The summed E-state index contributed by atoms with van der Waals surface area (Å²) in [6.45, 7) is 4.03. The van der Waals surface area contributed by atoms with E-state index in [0.29, 0.717) is 0 Å². The largest absolute Gasteiger partial charge is 0.320 e. The minimum absolute atomic E-state index is 0.0284. The lowest BCUT2D eigenvalue weighted by atomic mass is 9.99. The van der Waals surface area contributed by atoms with Gasteiger partial charge in [0.25, 0.3) is 0 Å². The first-order valence-corrected chi connectivity index (χ1v) is 4.59. The summed E-state index contributed by atoms with van der Waals surface area (Å²) in [6.07, 6.45) is 4.38. The third-order valence-corrected chi connectivity index (χ3v) is 2.40. The molecule has 0 fully saturated rings. The van der Waals surface area contributed by atoms with Gasteiger partial charge in [-0.25, -0.2) is 0 Å². The van der Waals surface area contributed by atoms with Crippen molar-refractivity contribution in [2.75, 3.05) is 0 Å². The summed E-state index contributed by atoms with van der Waals surface area (Å²) in [6, 6.07) is 3.25. The van der Waals surface area contributed by atoms with E-state index in [4.69, 9.17) is 5.73 Å². The first-order chi connectivity index (χ1) is 6.16. The summed E-state index contributed by atoms with van der Waals surface area (Å²) in [5.41, 5.74) is 5.79. The van der Waals surface area contributed by atoms with Gasteiger partial charge in [-0.05, 0) is 18.1 Å². The molecule has 0 saturated heterocycles. The van der Waals surface area contributed by atoms with Gasteiger partial charge in [0.2, 0.25) is 5.91 Å². The Balaban J connectivity index is 2.68. The summed E-state index contributed by atoms with van der Waals surface area (Å²) in [5, 5.41) is 0. The first kappa shape index (κ1) is 9.99. The molecular formula is C10H16N2O. The second-order valence-corrected chi connectivity index (χ2v) is 3.34. The van der Waals surface area contributed by atoms with Crippen molar-refractivity contribution >= 4 is 5.91 Å². The van der Waals surface area contributed by atoms with Gasteiger partial charge >= 0.3 is 0 Å². The highest BCUT2D eigenvalue weighted by Gasteiger charge is 2.19. The van der Waals surface area contributed by atoms with Gasteiger partial charge in [-0.2, -0.15) is 0 Å². The lowest BCUT2D eigenvalue weighted by Crippen LogP contribution is -2.39. The second-order valence-electron chi connectivity index (χ2n) is 3.34. The van der Waals surface area contributed by atoms with Gasteiger partial charge in [-0.1, -0.05) is 20.3 Å². The van der Waals surface area contributed by atoms with Crippen molar-refractivity contribution in [3.8, 4) is 0 Å². The van der Waals surface area contributed by atoms with Crippen LogP contribution in [0.1, 0.15) is 25.1 Å². The maximum Gasteiger partial charge on any atom is 0.247 e. The Morgan fingerprint density at radius 2 is 2.00 bits per heavy atom. The number of hydrogen-bond donors (Lipinski definition) is 1. The Morgan fingerprint density at radius 1 is 1.46 bits per heavy atom. The van der Waals surface area contributed by atoms with Gasteiger partial charge < -0.3 is 5.73 Å². The zero-order chi connectivity index (χ0) is 9.84. The average Bonchev–Trinajstić information content (AvgIpc) is 2.67. The van der Waals surface area contributed by atoms with Gasteiger partial charge in [0.1, 0.15) is 0 Å². The molecule has 3 heteroatoms. The van der Waals surface area contributed by atoms with Gasteiger partial charge in [0.15, 0.2) is 0 Å². The third-order valence-electron chi connectivity index (χ3n) is 2.40. The fraction of sp³-hybridized carbons (Fsp3) is 0.500. The zero-order valence-corrected chi connectivity index (χ0v) is 8.10. The summed E-state index contributed by atoms with van der Waals surface area (Å²) in [5.74, 6) is 0.203. The van der Waals surface area contributed by atoms with E-state index in [1.165, 1.54) is 4.57 Å². The van der Waals surface area contributed by atoms with Crippen molar-refractivity contribution in [2.24, 2.45) is 11.7 Å². The van der Waals surface area contributed by atoms with Crippen LogP contribution in [0.3, 0.4) is 0 Å². The van der Waals surface area contributed by atoms with Gasteiger partial charge in [-0.3, -0.25) is 9.36 Å². The summed E-state index contributed by atoms with van der Waals surface area (Å²) >= 11 is 0. The number of rotatable bonds is 3. The molecule has 0 amide bonds. The average molecular weight is 180 g/mol. The zero-order valence-electron chi connectivity index (χ0n) is 8.10. The fourth-order valence-electron chi connectivity index (χ4n) is 1.15. The molecule has 13 heavy (non-hydrogen) atoms. The molecule has 3 nitrogen and oxygen atoms in total. The monoisotopic (exact) mass is 180 g/mol. The highest BCUT2D eigenvalue weighted by atomic mass is 16.2. The van der Waals surface area contributed by atoms with Crippen molar-refractivity contribution in [3.63, 3.8) is 0 Å². The number of carbonyl (C=O) groups excluding carboxylic acids is 1. The van der Waals surface area contributed by atoms with Crippen LogP contribution in [0, 0.1) is 5.92 Å². The van der Waals surface area contributed by atoms with Gasteiger partial charge in [0.05, 0.1) is 6.04 Å². The molecule has 0 spiro atoms. The molecule has 2 atom stereocenters. The molecule has 1 rings (SSSR count). The minimum atomic E-state index is -0.391. The molecule has 0 bridgehead atoms. The normalized spacial score (nSPS) is 15.3. The molecule has 0 aliphatic heterocycles. The molecule has 0 aromatic carbocycles. The Labute approximate surface area is 78.5 Å². The predicted octanol–water partition coefficient (Wildman–Crippen LogP) is 1.50. The van der Waals surface area contributed by atoms with E-state index < -0.39 is 6.04 Å². The number of carbonyl (C=O) groups is 1. The lowest BCUT2D eigenvalue weighted by molar-refractivity contribution is 0.0851. The Morgan fingerprint density at radius 3 is 2.46 bits per heavy atom. The molecule has 2 N–H and O–H groups in total. The number of nitrogens with two attached hydrogens (primary N) is 1. The summed E-state index contributed by atoms with van der Waals surface area (Å²) in [4.78, 5) is 11.6. The van der Waals surface area contributed by atoms with Crippen LogP contribution in [0.15, 0.2) is 24.5 Å². The number of aromatic nitrogens is 1. The summed E-state index contributed by atoms with van der Waals surface area (Å²) < 4.78 is 1.54. The van der Waals surface area contributed by atoms with Crippen LogP contribution in [0.25, 0.3) is 0 Å². The maximum atomic E-state index is 11.6. The highest BCUT2D eigenvalue weighted by Crippen LogP contribution is 2.07. The number of hydrogen-bond acceptors (Lipinski definition) is 2. The van der Waals surface area contributed by atoms with Crippen LogP contribution in [-0.2, 0) is 0 Å². The van der Waals surface area contributed by atoms with E-state index in [-0.39, 0.29) is 11.8 Å². The SMILES string of the molecule is CC[C@H](C)[C@H](N)C(=O)n1cccc1. The van der Waals surface area contributed by atoms with Crippen LogP contribution in [-0.4, -0.2) is 16.5 Å². The second kappa shape index (κ2) is 4.23. The fourth-order valence-corrected chi connectivity index (χ4v) is 1.15. The van der Waals surface area contributed by atoms with Crippen LogP contribution >= 0.6 is 0 Å². The van der Waals surface area contributed by atoms with Gasteiger partial charge in [-0.15, -0.1) is 0 Å². The first-order valence-electron chi connectivity index (χ1n) is 4.59. The molecule has 0 radical (unpaired) electrons. The molecule has 72 valence electrons. The van der Waals surface area contributed by atoms with Crippen molar-refractivity contribution in [2.45, 2.75) is 26.3 Å². The molecule has 1 aromatic heterocycles. The maximum absolute atomic E-state index is 11.6.